The van der Waals surface area contributed by atoms with Crippen molar-refractivity contribution in [1.29, 1.82) is 0 Å². The van der Waals surface area contributed by atoms with Crippen molar-refractivity contribution in [2.45, 2.75) is 13.5 Å². The number of alkyl halides is 2. The molecule has 0 radical (unpaired) electrons. The van der Waals surface area contributed by atoms with Crippen molar-refractivity contribution in [3.63, 3.8) is 0 Å². The largest absolute Gasteiger partial charge is 0.494 e. The Kier molecular flexibility index (Phi) is 7.96. The lowest BCUT2D eigenvalue weighted by molar-refractivity contribution is -0.117. The summed E-state index contributed by atoms with van der Waals surface area (Å²) < 4.78 is 40.0. The normalized spacial score (nSPS) is 10.7. The van der Waals surface area contributed by atoms with E-state index in [0.717, 1.165) is 6.08 Å². The van der Waals surface area contributed by atoms with Crippen LogP contribution in [0, 0.1) is 0 Å². The third-order valence-electron chi connectivity index (χ3n) is 3.58. The molecule has 7 nitrogen and oxygen atoms in total. The summed E-state index contributed by atoms with van der Waals surface area (Å²) in [6, 6.07) is 10.8. The first-order valence-corrected chi connectivity index (χ1v) is 8.57. The average Bonchev–Trinajstić information content (AvgIpc) is 2.71. The number of carbonyl (C=O) groups excluding carboxylic acids is 2. The SMILES string of the molecule is CCOc1ccc(C(=O)NNC(=O)/C=C/c2cccc(OC)c2OC(F)F)cc1. The molecule has 0 atom stereocenters. The van der Waals surface area contributed by atoms with Gasteiger partial charge in [0.1, 0.15) is 5.75 Å². The van der Waals surface area contributed by atoms with E-state index in [4.69, 9.17) is 9.47 Å². The second-order valence-corrected chi connectivity index (χ2v) is 5.49. The molecule has 2 rings (SSSR count). The van der Waals surface area contributed by atoms with Gasteiger partial charge in [0, 0.05) is 17.2 Å². The maximum atomic E-state index is 12.6. The van der Waals surface area contributed by atoms with Crippen LogP contribution in [0.15, 0.2) is 48.5 Å². The Morgan fingerprint density at radius 2 is 1.83 bits per heavy atom. The minimum absolute atomic E-state index is 0.0941. The highest BCUT2D eigenvalue weighted by Crippen LogP contribution is 2.33. The molecule has 2 N–H and O–H groups in total. The molecule has 29 heavy (non-hydrogen) atoms. The molecule has 2 amide bonds. The van der Waals surface area contributed by atoms with Gasteiger partial charge < -0.3 is 14.2 Å². The molecule has 0 heterocycles. The van der Waals surface area contributed by atoms with Crippen LogP contribution in [0.5, 0.6) is 17.2 Å². The van der Waals surface area contributed by atoms with E-state index in [-0.39, 0.29) is 17.1 Å². The number of benzene rings is 2. The third-order valence-corrected chi connectivity index (χ3v) is 3.58. The second-order valence-electron chi connectivity index (χ2n) is 5.49. The van der Waals surface area contributed by atoms with Gasteiger partial charge in [-0.25, -0.2) is 0 Å². The van der Waals surface area contributed by atoms with E-state index in [1.54, 1.807) is 30.3 Å². The second kappa shape index (κ2) is 10.6. The highest BCUT2D eigenvalue weighted by molar-refractivity contribution is 5.98. The van der Waals surface area contributed by atoms with E-state index < -0.39 is 18.4 Å². The number of nitrogens with one attached hydrogen (secondary N) is 2. The van der Waals surface area contributed by atoms with Gasteiger partial charge in [-0.05, 0) is 43.3 Å². The predicted octanol–water partition coefficient (Wildman–Crippen LogP) is 3.17. The lowest BCUT2D eigenvalue weighted by atomic mass is 10.1. The Bertz CT molecular complexity index is 870. The molecule has 0 spiro atoms. The zero-order valence-electron chi connectivity index (χ0n) is 15.8. The summed E-state index contributed by atoms with van der Waals surface area (Å²) in [5.41, 5.74) is 4.98. The number of ether oxygens (including phenoxy) is 3. The van der Waals surface area contributed by atoms with Crippen LogP contribution < -0.4 is 25.1 Å². The molecular formula is C20H20F2N2O5. The molecule has 0 bridgehead atoms. The number of rotatable bonds is 8. The summed E-state index contributed by atoms with van der Waals surface area (Å²) in [6.07, 6.45) is 2.32. The molecule has 154 valence electrons. The molecule has 2 aromatic carbocycles. The van der Waals surface area contributed by atoms with Gasteiger partial charge in [0.05, 0.1) is 13.7 Å². The molecule has 9 heteroatoms. The van der Waals surface area contributed by atoms with Crippen molar-refractivity contribution in [2.24, 2.45) is 0 Å². The Balaban J connectivity index is 1.98. The van der Waals surface area contributed by atoms with Gasteiger partial charge in [-0.1, -0.05) is 12.1 Å². The summed E-state index contributed by atoms with van der Waals surface area (Å²) in [4.78, 5) is 24.0. The summed E-state index contributed by atoms with van der Waals surface area (Å²) >= 11 is 0. The number of hydrazine groups is 1. The summed E-state index contributed by atoms with van der Waals surface area (Å²) in [5.74, 6) is -0.687. The van der Waals surface area contributed by atoms with Crippen LogP contribution in [0.25, 0.3) is 6.08 Å². The number of amides is 2. The standard InChI is InChI=1S/C20H20F2N2O5/c1-3-28-15-10-7-14(8-11-15)19(26)24-23-17(25)12-9-13-5-4-6-16(27-2)18(13)29-20(21)22/h4-12,20H,3H2,1-2H3,(H,23,25)(H,24,26)/b12-9+. The van der Waals surface area contributed by atoms with Gasteiger partial charge in [-0.3, -0.25) is 20.4 Å². The van der Waals surface area contributed by atoms with Crippen LogP contribution in [0.4, 0.5) is 8.78 Å². The minimum Gasteiger partial charge on any atom is -0.494 e. The monoisotopic (exact) mass is 406 g/mol. The molecule has 0 aliphatic rings. The van der Waals surface area contributed by atoms with Crippen LogP contribution in [-0.2, 0) is 4.79 Å². The fraction of sp³-hybridized carbons (Fsp3) is 0.200. The van der Waals surface area contributed by atoms with Crippen LogP contribution >= 0.6 is 0 Å². The Labute approximate surface area is 166 Å². The minimum atomic E-state index is -3.05. The highest BCUT2D eigenvalue weighted by Gasteiger charge is 2.14. The van der Waals surface area contributed by atoms with E-state index in [1.807, 2.05) is 6.92 Å². The quantitative estimate of drug-likeness (QED) is 0.520. The van der Waals surface area contributed by atoms with Gasteiger partial charge in [0.25, 0.3) is 11.8 Å². The van der Waals surface area contributed by atoms with Gasteiger partial charge in [0.15, 0.2) is 11.5 Å². The molecule has 0 aliphatic heterocycles. The number of hydrogen-bond acceptors (Lipinski definition) is 5. The fourth-order valence-electron chi connectivity index (χ4n) is 2.31. The molecular weight excluding hydrogens is 386 g/mol. The average molecular weight is 406 g/mol. The molecule has 0 saturated heterocycles. The number of methoxy groups -OCH3 is 1. The number of halogens is 2. The van der Waals surface area contributed by atoms with Crippen molar-refractivity contribution < 1.29 is 32.6 Å². The van der Waals surface area contributed by atoms with E-state index in [1.165, 1.54) is 25.3 Å². The van der Waals surface area contributed by atoms with Crippen LogP contribution in [-0.4, -0.2) is 32.1 Å². The Hall–Kier alpha value is -3.62. The molecule has 0 saturated carbocycles. The molecule has 0 aliphatic carbocycles. The molecule has 0 aromatic heterocycles. The Morgan fingerprint density at radius 1 is 1.10 bits per heavy atom. The van der Waals surface area contributed by atoms with Gasteiger partial charge >= 0.3 is 6.61 Å². The van der Waals surface area contributed by atoms with Gasteiger partial charge in [-0.2, -0.15) is 8.78 Å². The highest BCUT2D eigenvalue weighted by atomic mass is 19.3. The fourth-order valence-corrected chi connectivity index (χ4v) is 2.31. The molecule has 0 fully saturated rings. The number of para-hydroxylation sites is 1. The van der Waals surface area contributed by atoms with Gasteiger partial charge in [-0.15, -0.1) is 0 Å². The lowest BCUT2D eigenvalue weighted by Crippen LogP contribution is -2.40. The van der Waals surface area contributed by atoms with Crippen LogP contribution in [0.2, 0.25) is 0 Å². The first-order chi connectivity index (χ1) is 13.9. The van der Waals surface area contributed by atoms with Gasteiger partial charge in [0.2, 0.25) is 0 Å². The van der Waals surface area contributed by atoms with E-state index in [0.29, 0.717) is 17.9 Å². The Morgan fingerprint density at radius 3 is 2.45 bits per heavy atom. The van der Waals surface area contributed by atoms with E-state index >= 15 is 0 Å². The third kappa shape index (κ3) is 6.49. The first-order valence-electron chi connectivity index (χ1n) is 8.57. The van der Waals surface area contributed by atoms with Crippen molar-refractivity contribution >= 4 is 17.9 Å². The zero-order chi connectivity index (χ0) is 21.2. The maximum Gasteiger partial charge on any atom is 0.387 e. The van der Waals surface area contributed by atoms with Crippen LogP contribution in [0.3, 0.4) is 0 Å². The first kappa shape index (κ1) is 21.7. The van der Waals surface area contributed by atoms with Crippen molar-refractivity contribution in [2.75, 3.05) is 13.7 Å². The van der Waals surface area contributed by atoms with E-state index in [2.05, 4.69) is 15.6 Å². The zero-order valence-corrected chi connectivity index (χ0v) is 15.8. The molecule has 0 unspecified atom stereocenters. The lowest BCUT2D eigenvalue weighted by Gasteiger charge is -2.12. The summed E-state index contributed by atoms with van der Waals surface area (Å²) in [6.45, 7) is -0.705. The topological polar surface area (TPSA) is 85.9 Å². The summed E-state index contributed by atoms with van der Waals surface area (Å²) in [5, 5.41) is 0. The molecule has 2 aromatic rings. The number of hydrogen-bond donors (Lipinski definition) is 2. The number of carbonyl (C=O) groups is 2. The van der Waals surface area contributed by atoms with Crippen molar-refractivity contribution in [3.8, 4) is 17.2 Å². The van der Waals surface area contributed by atoms with Crippen molar-refractivity contribution in [1.82, 2.24) is 10.9 Å². The predicted molar refractivity (Wildman–Crippen MR) is 102 cm³/mol. The van der Waals surface area contributed by atoms with E-state index in [9.17, 15) is 18.4 Å². The van der Waals surface area contributed by atoms with Crippen LogP contribution in [0.1, 0.15) is 22.8 Å². The summed E-state index contributed by atoms with van der Waals surface area (Å²) in [7, 11) is 1.31. The smallest absolute Gasteiger partial charge is 0.387 e. The van der Waals surface area contributed by atoms with Crippen molar-refractivity contribution in [3.05, 3.63) is 59.7 Å². The maximum absolute atomic E-state index is 12.6.